The van der Waals surface area contributed by atoms with Crippen LogP contribution in [0.5, 0.6) is 0 Å². The highest BCUT2D eigenvalue weighted by molar-refractivity contribution is 6.30. The molecule has 7 heteroatoms. The van der Waals surface area contributed by atoms with Gasteiger partial charge in [-0.15, -0.1) is 19.0 Å². The molecule has 0 aliphatic carbocycles. The number of alkyl halides is 3. The lowest BCUT2D eigenvalue weighted by Crippen LogP contribution is -2.45. The van der Waals surface area contributed by atoms with Crippen LogP contribution < -0.4 is 5.32 Å². The number of rotatable bonds is 7. The third-order valence-corrected chi connectivity index (χ3v) is 4.58. The number of benzene rings is 1. The zero-order valence-electron chi connectivity index (χ0n) is 14.1. The smallest absolute Gasteiger partial charge is 0.314 e. The van der Waals surface area contributed by atoms with Crippen LogP contribution in [-0.2, 0) is 6.18 Å². The van der Waals surface area contributed by atoms with E-state index in [4.69, 9.17) is 11.6 Å². The van der Waals surface area contributed by atoms with Gasteiger partial charge in [0.15, 0.2) is 0 Å². The molecule has 2 rings (SSSR count). The van der Waals surface area contributed by atoms with Gasteiger partial charge in [0.1, 0.15) is 0 Å². The van der Waals surface area contributed by atoms with Gasteiger partial charge in [0.05, 0.1) is 5.56 Å². The average Bonchev–Trinajstić information content (AvgIpc) is 2.54. The number of piperazine rings is 1. The van der Waals surface area contributed by atoms with Gasteiger partial charge in [-0.05, 0) is 43.0 Å². The van der Waals surface area contributed by atoms with Crippen LogP contribution in [0, 0.1) is 0 Å². The molecule has 0 bridgehead atoms. The van der Waals surface area contributed by atoms with Crippen LogP contribution in [0.15, 0.2) is 30.9 Å². The molecule has 1 heterocycles. The van der Waals surface area contributed by atoms with Gasteiger partial charge in [-0.2, -0.15) is 13.2 Å². The van der Waals surface area contributed by atoms with Gasteiger partial charge in [-0.3, -0.25) is 4.90 Å². The van der Waals surface area contributed by atoms with Crippen molar-refractivity contribution in [1.29, 1.82) is 0 Å². The third-order valence-electron chi connectivity index (χ3n) is 4.36. The van der Waals surface area contributed by atoms with Gasteiger partial charge in [-0.1, -0.05) is 24.1 Å². The van der Waals surface area contributed by atoms with Crippen molar-refractivity contribution in [3.05, 3.63) is 47.0 Å². The fourth-order valence-corrected chi connectivity index (χ4v) is 3.39. The molecule has 1 aromatic carbocycles. The zero-order valence-corrected chi connectivity index (χ0v) is 15.7. The summed E-state index contributed by atoms with van der Waals surface area (Å²) in [6, 6.07) is 3.90. The van der Waals surface area contributed by atoms with Gasteiger partial charge in [-0.25, -0.2) is 0 Å². The molecule has 0 amide bonds. The number of hydrogen-bond donors (Lipinski definition) is 1. The van der Waals surface area contributed by atoms with Gasteiger partial charge < -0.3 is 5.32 Å². The van der Waals surface area contributed by atoms with E-state index in [0.29, 0.717) is 5.56 Å². The molecule has 1 atom stereocenters. The van der Waals surface area contributed by atoms with Crippen LogP contribution in [0.2, 0.25) is 5.02 Å². The largest absolute Gasteiger partial charge is 0.416 e. The number of hydrogen-bond acceptors (Lipinski definition) is 2. The van der Waals surface area contributed by atoms with Crippen molar-refractivity contribution in [2.75, 3.05) is 26.2 Å². The number of allylic oxidation sites excluding steroid dienone is 1. The molecule has 1 saturated heterocycles. The van der Waals surface area contributed by atoms with E-state index in [1.165, 1.54) is 6.07 Å². The molecule has 1 fully saturated rings. The highest BCUT2D eigenvalue weighted by Gasteiger charge is 2.32. The maximum atomic E-state index is 13.1. The molecular weight excluding hydrogens is 372 g/mol. The van der Waals surface area contributed by atoms with Crippen molar-refractivity contribution in [3.63, 3.8) is 0 Å². The SMILES string of the molecule is C=CCCCC[C@H](c1cc(Cl)cc(C(F)(F)F)c1)N1CCNCC1.Cl. The molecule has 1 aliphatic heterocycles. The summed E-state index contributed by atoms with van der Waals surface area (Å²) in [5.74, 6) is 0. The van der Waals surface area contributed by atoms with Crippen LogP contribution in [-0.4, -0.2) is 31.1 Å². The second kappa shape index (κ2) is 10.4. The molecule has 142 valence electrons. The van der Waals surface area contributed by atoms with Gasteiger partial charge >= 0.3 is 6.18 Å². The van der Waals surface area contributed by atoms with E-state index < -0.39 is 11.7 Å². The van der Waals surface area contributed by atoms with Crippen molar-refractivity contribution in [2.45, 2.75) is 37.9 Å². The lowest BCUT2D eigenvalue weighted by atomic mass is 9.96. The summed E-state index contributed by atoms with van der Waals surface area (Å²) in [5, 5.41) is 3.43. The summed E-state index contributed by atoms with van der Waals surface area (Å²) < 4.78 is 39.3. The standard InChI is InChI=1S/C18H24ClF3N2.ClH/c1-2-3-4-5-6-17(24-9-7-23-8-10-24)14-11-15(18(20,21)22)13-16(19)12-14;/h2,11-13,17,23H,1,3-10H2;1H/t17-;/m1./s1. The molecule has 2 nitrogen and oxygen atoms in total. The Morgan fingerprint density at radius 1 is 1.20 bits per heavy atom. The van der Waals surface area contributed by atoms with E-state index in [1.807, 2.05) is 6.08 Å². The second-order valence-corrected chi connectivity index (χ2v) is 6.58. The Morgan fingerprint density at radius 2 is 1.88 bits per heavy atom. The first kappa shape index (κ1) is 22.3. The van der Waals surface area contributed by atoms with Crippen molar-refractivity contribution >= 4 is 24.0 Å². The van der Waals surface area contributed by atoms with Gasteiger partial charge in [0.25, 0.3) is 0 Å². The van der Waals surface area contributed by atoms with Crippen molar-refractivity contribution < 1.29 is 13.2 Å². The number of nitrogens with zero attached hydrogens (tertiary/aromatic N) is 1. The Kier molecular flexibility index (Phi) is 9.28. The number of nitrogens with one attached hydrogen (secondary N) is 1. The number of unbranched alkanes of at least 4 members (excludes halogenated alkanes) is 2. The van der Waals surface area contributed by atoms with Gasteiger partial charge in [0, 0.05) is 37.2 Å². The third kappa shape index (κ3) is 6.81. The van der Waals surface area contributed by atoms with E-state index in [0.717, 1.165) is 57.9 Å². The van der Waals surface area contributed by atoms with Crippen LogP contribution in [0.3, 0.4) is 0 Å². The monoisotopic (exact) mass is 396 g/mol. The molecule has 0 saturated carbocycles. The number of halogens is 5. The van der Waals surface area contributed by atoms with E-state index in [1.54, 1.807) is 6.07 Å². The Labute approximate surface area is 158 Å². The van der Waals surface area contributed by atoms with Crippen molar-refractivity contribution in [2.24, 2.45) is 0 Å². The minimum absolute atomic E-state index is 0. The molecule has 1 aliphatic rings. The molecule has 0 spiro atoms. The maximum absolute atomic E-state index is 13.1. The first-order valence-corrected chi connectivity index (χ1v) is 8.73. The first-order chi connectivity index (χ1) is 11.4. The molecule has 0 radical (unpaired) electrons. The predicted molar refractivity (Wildman–Crippen MR) is 99.6 cm³/mol. The molecule has 0 unspecified atom stereocenters. The molecule has 0 aromatic heterocycles. The zero-order chi connectivity index (χ0) is 17.6. The van der Waals surface area contributed by atoms with E-state index >= 15 is 0 Å². The second-order valence-electron chi connectivity index (χ2n) is 6.15. The maximum Gasteiger partial charge on any atom is 0.416 e. The molecular formula is C18H25Cl2F3N2. The summed E-state index contributed by atoms with van der Waals surface area (Å²) in [6.07, 6.45) is 1.20. The summed E-state index contributed by atoms with van der Waals surface area (Å²) >= 11 is 5.98. The Hall–Kier alpha value is -0.750. The van der Waals surface area contributed by atoms with Crippen LogP contribution in [0.25, 0.3) is 0 Å². The predicted octanol–water partition coefficient (Wildman–Crippen LogP) is 5.47. The van der Waals surface area contributed by atoms with Crippen molar-refractivity contribution in [3.8, 4) is 0 Å². The quantitative estimate of drug-likeness (QED) is 0.485. The fourth-order valence-electron chi connectivity index (χ4n) is 3.15. The summed E-state index contributed by atoms with van der Waals surface area (Å²) in [4.78, 5) is 2.26. The van der Waals surface area contributed by atoms with E-state index in [-0.39, 0.29) is 23.5 Å². The summed E-state index contributed by atoms with van der Waals surface area (Å²) in [7, 11) is 0. The van der Waals surface area contributed by atoms with E-state index in [2.05, 4.69) is 16.8 Å². The Morgan fingerprint density at radius 3 is 2.48 bits per heavy atom. The molecule has 1 aromatic rings. The van der Waals surface area contributed by atoms with Crippen LogP contribution >= 0.6 is 24.0 Å². The summed E-state index contributed by atoms with van der Waals surface area (Å²) in [6.45, 7) is 7.10. The topological polar surface area (TPSA) is 15.3 Å². The average molecular weight is 397 g/mol. The highest BCUT2D eigenvalue weighted by atomic mass is 35.5. The molecule has 1 N–H and O–H groups in total. The van der Waals surface area contributed by atoms with Crippen LogP contribution in [0.4, 0.5) is 13.2 Å². The minimum Gasteiger partial charge on any atom is -0.314 e. The Bertz CT molecular complexity index is 544. The van der Waals surface area contributed by atoms with Crippen molar-refractivity contribution in [1.82, 2.24) is 10.2 Å². The normalized spacial score (nSPS) is 17.0. The molecule has 25 heavy (non-hydrogen) atoms. The van der Waals surface area contributed by atoms with Gasteiger partial charge in [0.2, 0.25) is 0 Å². The Balaban J connectivity index is 0.00000312. The van der Waals surface area contributed by atoms with E-state index in [9.17, 15) is 13.2 Å². The van der Waals surface area contributed by atoms with Crippen LogP contribution in [0.1, 0.15) is 42.9 Å². The first-order valence-electron chi connectivity index (χ1n) is 8.35. The fraction of sp³-hybridized carbons (Fsp3) is 0.556. The summed E-state index contributed by atoms with van der Waals surface area (Å²) in [5.41, 5.74) is -0.00782. The lowest BCUT2D eigenvalue weighted by Gasteiger charge is -2.35. The minimum atomic E-state index is -4.38. The lowest BCUT2D eigenvalue weighted by molar-refractivity contribution is -0.137. The highest BCUT2D eigenvalue weighted by Crippen LogP contribution is 2.36.